The van der Waals surface area contributed by atoms with E-state index >= 15 is 0 Å². The summed E-state index contributed by atoms with van der Waals surface area (Å²) in [6, 6.07) is 6.04. The second kappa shape index (κ2) is 2.98. The SMILES string of the molecule is Cc1cc2ncccc2c2ncncc12. The Morgan fingerprint density at radius 2 is 2.07 bits per heavy atom. The molecule has 0 saturated heterocycles. The van der Waals surface area contributed by atoms with Crippen molar-refractivity contribution in [1.29, 1.82) is 0 Å². The molecule has 0 unspecified atom stereocenters. The van der Waals surface area contributed by atoms with Crippen LogP contribution in [0.4, 0.5) is 0 Å². The zero-order valence-electron chi connectivity index (χ0n) is 8.31. The molecule has 0 atom stereocenters. The Morgan fingerprint density at radius 1 is 1.13 bits per heavy atom. The second-order valence-corrected chi connectivity index (χ2v) is 3.55. The van der Waals surface area contributed by atoms with E-state index in [1.54, 1.807) is 12.5 Å². The van der Waals surface area contributed by atoms with Gasteiger partial charge in [-0.25, -0.2) is 9.97 Å². The standard InChI is InChI=1S/C12H9N3/c1-8-5-11-9(3-2-4-14-11)12-10(8)6-13-7-15-12/h2-7H,1H3. The molecule has 0 fully saturated rings. The van der Waals surface area contributed by atoms with Gasteiger partial charge in [0.2, 0.25) is 0 Å². The Kier molecular flexibility index (Phi) is 1.65. The van der Waals surface area contributed by atoms with Gasteiger partial charge in [0, 0.05) is 23.2 Å². The Hall–Kier alpha value is -2.03. The maximum atomic E-state index is 4.33. The van der Waals surface area contributed by atoms with Gasteiger partial charge in [0.1, 0.15) is 6.33 Å². The molecule has 0 radical (unpaired) electrons. The van der Waals surface area contributed by atoms with Crippen LogP contribution < -0.4 is 0 Å². The van der Waals surface area contributed by atoms with E-state index in [-0.39, 0.29) is 0 Å². The third-order valence-electron chi connectivity index (χ3n) is 2.58. The fraction of sp³-hybridized carbons (Fsp3) is 0.0833. The Morgan fingerprint density at radius 3 is 3.00 bits per heavy atom. The van der Waals surface area contributed by atoms with Crippen molar-refractivity contribution >= 4 is 21.8 Å². The van der Waals surface area contributed by atoms with E-state index in [0.29, 0.717) is 0 Å². The normalized spacial score (nSPS) is 11.0. The van der Waals surface area contributed by atoms with E-state index in [2.05, 4.69) is 27.9 Å². The highest BCUT2D eigenvalue weighted by atomic mass is 14.8. The fourth-order valence-electron chi connectivity index (χ4n) is 1.85. The summed E-state index contributed by atoms with van der Waals surface area (Å²) in [5.74, 6) is 0. The first-order chi connectivity index (χ1) is 7.36. The number of hydrogen-bond acceptors (Lipinski definition) is 3. The molecule has 3 rings (SSSR count). The molecular weight excluding hydrogens is 186 g/mol. The summed E-state index contributed by atoms with van der Waals surface area (Å²) in [6.07, 6.45) is 5.23. The molecule has 0 aliphatic heterocycles. The maximum Gasteiger partial charge on any atom is 0.116 e. The predicted octanol–water partition coefficient (Wildman–Crippen LogP) is 2.49. The van der Waals surface area contributed by atoms with Crippen LogP contribution in [0, 0.1) is 6.92 Å². The number of pyridine rings is 1. The van der Waals surface area contributed by atoms with Gasteiger partial charge in [0.15, 0.2) is 0 Å². The largest absolute Gasteiger partial charge is 0.256 e. The minimum absolute atomic E-state index is 0.980. The van der Waals surface area contributed by atoms with Crippen LogP contribution in [0.3, 0.4) is 0 Å². The average molecular weight is 195 g/mol. The Bertz CT molecular complexity index is 646. The molecule has 0 amide bonds. The fourth-order valence-corrected chi connectivity index (χ4v) is 1.85. The van der Waals surface area contributed by atoms with Crippen molar-refractivity contribution in [3.05, 3.63) is 42.5 Å². The van der Waals surface area contributed by atoms with Crippen molar-refractivity contribution in [1.82, 2.24) is 15.0 Å². The molecule has 0 aliphatic carbocycles. The summed E-state index contributed by atoms with van der Waals surface area (Å²) in [5.41, 5.74) is 3.13. The molecule has 0 bridgehead atoms. The van der Waals surface area contributed by atoms with E-state index in [4.69, 9.17) is 0 Å². The van der Waals surface area contributed by atoms with Crippen LogP contribution in [0.2, 0.25) is 0 Å². The summed E-state index contributed by atoms with van der Waals surface area (Å²) in [7, 11) is 0. The topological polar surface area (TPSA) is 38.7 Å². The molecule has 0 saturated carbocycles. The lowest BCUT2D eigenvalue weighted by atomic mass is 10.1. The summed E-state index contributed by atoms with van der Waals surface area (Å²) in [4.78, 5) is 12.7. The van der Waals surface area contributed by atoms with Crippen molar-refractivity contribution in [2.75, 3.05) is 0 Å². The lowest BCUT2D eigenvalue weighted by Gasteiger charge is -2.04. The third kappa shape index (κ3) is 1.16. The number of aryl methyl sites for hydroxylation is 1. The number of rotatable bonds is 0. The van der Waals surface area contributed by atoms with Crippen molar-refractivity contribution in [3.63, 3.8) is 0 Å². The minimum atomic E-state index is 0.980. The number of benzene rings is 1. The predicted molar refractivity (Wildman–Crippen MR) is 59.6 cm³/mol. The molecule has 72 valence electrons. The van der Waals surface area contributed by atoms with Crippen molar-refractivity contribution in [2.45, 2.75) is 6.92 Å². The molecule has 3 aromatic rings. The number of fused-ring (bicyclic) bond motifs is 3. The molecule has 1 aromatic carbocycles. The summed E-state index contributed by atoms with van der Waals surface area (Å²) in [5, 5.41) is 2.18. The zero-order chi connectivity index (χ0) is 10.3. The highest BCUT2D eigenvalue weighted by molar-refractivity contribution is 6.04. The van der Waals surface area contributed by atoms with Crippen LogP contribution in [0.15, 0.2) is 36.9 Å². The lowest BCUT2D eigenvalue weighted by Crippen LogP contribution is -1.88. The maximum absolute atomic E-state index is 4.33. The van der Waals surface area contributed by atoms with Crippen LogP contribution in [0.1, 0.15) is 5.56 Å². The second-order valence-electron chi connectivity index (χ2n) is 3.55. The first-order valence-corrected chi connectivity index (χ1v) is 4.80. The third-order valence-corrected chi connectivity index (χ3v) is 2.58. The summed E-state index contributed by atoms with van der Waals surface area (Å²) < 4.78 is 0. The molecule has 2 aromatic heterocycles. The molecule has 3 nitrogen and oxygen atoms in total. The monoisotopic (exact) mass is 195 g/mol. The van der Waals surface area contributed by atoms with Crippen molar-refractivity contribution in [2.24, 2.45) is 0 Å². The smallest absolute Gasteiger partial charge is 0.116 e. The molecular formula is C12H9N3. The first kappa shape index (κ1) is 8.29. The van der Waals surface area contributed by atoms with E-state index in [1.165, 1.54) is 0 Å². The molecule has 0 aliphatic rings. The number of nitrogens with zero attached hydrogens (tertiary/aromatic N) is 3. The Labute approximate surface area is 86.8 Å². The van der Waals surface area contributed by atoms with Gasteiger partial charge < -0.3 is 0 Å². The minimum Gasteiger partial charge on any atom is -0.256 e. The average Bonchev–Trinajstić information content (AvgIpc) is 2.30. The van der Waals surface area contributed by atoms with Gasteiger partial charge in [-0.1, -0.05) is 0 Å². The highest BCUT2D eigenvalue weighted by Crippen LogP contribution is 2.24. The van der Waals surface area contributed by atoms with E-state index in [1.807, 2.05) is 18.3 Å². The van der Waals surface area contributed by atoms with Gasteiger partial charge in [-0.05, 0) is 30.7 Å². The number of hydrogen-bond donors (Lipinski definition) is 0. The molecule has 0 spiro atoms. The quantitative estimate of drug-likeness (QED) is 0.517. The first-order valence-electron chi connectivity index (χ1n) is 4.80. The van der Waals surface area contributed by atoms with Gasteiger partial charge in [-0.3, -0.25) is 4.98 Å². The summed E-state index contributed by atoms with van der Waals surface area (Å²) >= 11 is 0. The molecule has 3 heteroatoms. The van der Waals surface area contributed by atoms with Gasteiger partial charge in [-0.15, -0.1) is 0 Å². The van der Waals surface area contributed by atoms with Gasteiger partial charge in [0.25, 0.3) is 0 Å². The van der Waals surface area contributed by atoms with E-state index in [9.17, 15) is 0 Å². The van der Waals surface area contributed by atoms with Crippen LogP contribution in [-0.4, -0.2) is 15.0 Å². The molecule has 15 heavy (non-hydrogen) atoms. The van der Waals surface area contributed by atoms with Gasteiger partial charge in [0.05, 0.1) is 11.0 Å². The Balaban J connectivity index is 2.64. The highest BCUT2D eigenvalue weighted by Gasteiger charge is 2.04. The molecule has 0 N–H and O–H groups in total. The van der Waals surface area contributed by atoms with Gasteiger partial charge in [-0.2, -0.15) is 0 Å². The van der Waals surface area contributed by atoms with Crippen LogP contribution in [0.25, 0.3) is 21.8 Å². The van der Waals surface area contributed by atoms with E-state index < -0.39 is 0 Å². The summed E-state index contributed by atoms with van der Waals surface area (Å²) in [6.45, 7) is 2.06. The van der Waals surface area contributed by atoms with Crippen molar-refractivity contribution < 1.29 is 0 Å². The zero-order valence-corrected chi connectivity index (χ0v) is 8.31. The molecule has 2 heterocycles. The van der Waals surface area contributed by atoms with Crippen LogP contribution in [0.5, 0.6) is 0 Å². The van der Waals surface area contributed by atoms with Crippen LogP contribution in [-0.2, 0) is 0 Å². The number of aromatic nitrogens is 3. The van der Waals surface area contributed by atoms with Gasteiger partial charge >= 0.3 is 0 Å². The van der Waals surface area contributed by atoms with Crippen molar-refractivity contribution in [3.8, 4) is 0 Å². The van der Waals surface area contributed by atoms with E-state index in [0.717, 1.165) is 27.4 Å². The lowest BCUT2D eigenvalue weighted by molar-refractivity contribution is 1.22. The van der Waals surface area contributed by atoms with Crippen LogP contribution >= 0.6 is 0 Å².